The molecular formula is C12H17N2. The van der Waals surface area contributed by atoms with Crippen LogP contribution >= 0.6 is 0 Å². The van der Waals surface area contributed by atoms with Crippen molar-refractivity contribution in [3.05, 3.63) is 42.8 Å². The minimum atomic E-state index is 0.726. The SMILES string of the molecule is [CH2]/C=C/CCCc1ccc(N)cc1N. The highest BCUT2D eigenvalue weighted by molar-refractivity contribution is 5.56. The first kappa shape index (κ1) is 10.6. The fraction of sp³-hybridized carbons (Fsp3) is 0.250. The van der Waals surface area contributed by atoms with Crippen LogP contribution in [0.1, 0.15) is 18.4 Å². The van der Waals surface area contributed by atoms with E-state index in [0.717, 1.165) is 30.6 Å². The van der Waals surface area contributed by atoms with Crippen molar-refractivity contribution < 1.29 is 0 Å². The summed E-state index contributed by atoms with van der Waals surface area (Å²) in [6.07, 6.45) is 7.03. The van der Waals surface area contributed by atoms with Crippen LogP contribution in [0.3, 0.4) is 0 Å². The van der Waals surface area contributed by atoms with Gasteiger partial charge in [0.2, 0.25) is 0 Å². The Balaban J connectivity index is 2.50. The van der Waals surface area contributed by atoms with Crippen molar-refractivity contribution in [2.24, 2.45) is 0 Å². The Morgan fingerprint density at radius 2 is 2.07 bits per heavy atom. The summed E-state index contributed by atoms with van der Waals surface area (Å²) in [6, 6.07) is 5.70. The van der Waals surface area contributed by atoms with E-state index in [1.54, 1.807) is 0 Å². The minimum absolute atomic E-state index is 0.726. The van der Waals surface area contributed by atoms with Gasteiger partial charge in [-0.1, -0.05) is 18.2 Å². The summed E-state index contributed by atoms with van der Waals surface area (Å²) in [5, 5.41) is 0. The van der Waals surface area contributed by atoms with E-state index in [2.05, 4.69) is 13.0 Å². The maximum absolute atomic E-state index is 5.83. The van der Waals surface area contributed by atoms with Crippen molar-refractivity contribution in [2.75, 3.05) is 11.5 Å². The molecule has 0 unspecified atom stereocenters. The monoisotopic (exact) mass is 189 g/mol. The van der Waals surface area contributed by atoms with Crippen LogP contribution in [0.4, 0.5) is 11.4 Å². The molecule has 0 atom stereocenters. The van der Waals surface area contributed by atoms with Crippen molar-refractivity contribution in [2.45, 2.75) is 19.3 Å². The van der Waals surface area contributed by atoms with Gasteiger partial charge in [-0.25, -0.2) is 0 Å². The molecule has 2 heteroatoms. The zero-order chi connectivity index (χ0) is 10.4. The lowest BCUT2D eigenvalue weighted by molar-refractivity contribution is 0.845. The van der Waals surface area contributed by atoms with E-state index in [1.807, 2.05) is 24.3 Å². The molecule has 14 heavy (non-hydrogen) atoms. The van der Waals surface area contributed by atoms with Crippen molar-refractivity contribution in [1.29, 1.82) is 0 Å². The number of rotatable bonds is 4. The lowest BCUT2D eigenvalue weighted by Crippen LogP contribution is -1.96. The molecule has 0 saturated heterocycles. The summed E-state index contributed by atoms with van der Waals surface area (Å²) in [4.78, 5) is 0. The van der Waals surface area contributed by atoms with E-state index < -0.39 is 0 Å². The maximum atomic E-state index is 5.83. The lowest BCUT2D eigenvalue weighted by atomic mass is 10.1. The van der Waals surface area contributed by atoms with Gasteiger partial charge in [-0.2, -0.15) is 0 Å². The second-order valence-corrected chi connectivity index (χ2v) is 3.32. The number of unbranched alkanes of at least 4 members (excludes halogenated alkanes) is 1. The molecule has 1 rings (SSSR count). The molecule has 0 amide bonds. The van der Waals surface area contributed by atoms with Crippen molar-refractivity contribution in [3.63, 3.8) is 0 Å². The van der Waals surface area contributed by atoms with Crippen LogP contribution < -0.4 is 11.5 Å². The average Bonchev–Trinajstić information content (AvgIpc) is 2.15. The van der Waals surface area contributed by atoms with E-state index in [0.29, 0.717) is 0 Å². The van der Waals surface area contributed by atoms with Crippen molar-refractivity contribution in [1.82, 2.24) is 0 Å². The van der Waals surface area contributed by atoms with Gasteiger partial charge < -0.3 is 11.5 Å². The predicted molar refractivity (Wildman–Crippen MR) is 62.7 cm³/mol. The molecule has 2 nitrogen and oxygen atoms in total. The molecule has 75 valence electrons. The van der Waals surface area contributed by atoms with Crippen LogP contribution in [0, 0.1) is 6.92 Å². The van der Waals surface area contributed by atoms with E-state index in [9.17, 15) is 0 Å². The first-order valence-corrected chi connectivity index (χ1v) is 4.82. The summed E-state index contributed by atoms with van der Waals surface area (Å²) >= 11 is 0. The maximum Gasteiger partial charge on any atom is 0.0367 e. The summed E-state index contributed by atoms with van der Waals surface area (Å²) in [5.41, 5.74) is 14.1. The van der Waals surface area contributed by atoms with Crippen molar-refractivity contribution >= 4 is 11.4 Å². The molecule has 1 radical (unpaired) electrons. The molecule has 0 aliphatic heterocycles. The third-order valence-corrected chi connectivity index (χ3v) is 2.15. The standard InChI is InChI=1S/C12H17N2/c1-2-3-4-5-6-10-7-8-11(13)9-12(10)14/h2-3,7-9H,1,4-6,13-14H2/b3-2+. The third kappa shape index (κ3) is 3.13. The number of hydrogen-bond acceptors (Lipinski definition) is 2. The Hall–Kier alpha value is -1.44. The Labute approximate surface area is 85.6 Å². The summed E-state index contributed by atoms with van der Waals surface area (Å²) in [5.74, 6) is 0. The van der Waals surface area contributed by atoms with Crippen LogP contribution in [-0.4, -0.2) is 0 Å². The number of benzene rings is 1. The number of hydrogen-bond donors (Lipinski definition) is 2. The number of aryl methyl sites for hydroxylation is 1. The van der Waals surface area contributed by atoms with Crippen molar-refractivity contribution in [3.8, 4) is 0 Å². The molecule has 1 aromatic rings. The summed E-state index contributed by atoms with van der Waals surface area (Å²) in [6.45, 7) is 3.64. The molecule has 0 heterocycles. The quantitative estimate of drug-likeness (QED) is 0.565. The second kappa shape index (κ2) is 5.32. The molecular weight excluding hydrogens is 172 g/mol. The van der Waals surface area contributed by atoms with E-state index >= 15 is 0 Å². The highest BCUT2D eigenvalue weighted by Crippen LogP contribution is 2.17. The summed E-state index contributed by atoms with van der Waals surface area (Å²) < 4.78 is 0. The van der Waals surface area contributed by atoms with Gasteiger partial charge in [0.1, 0.15) is 0 Å². The van der Waals surface area contributed by atoms with Gasteiger partial charge in [0.15, 0.2) is 0 Å². The topological polar surface area (TPSA) is 52.0 Å². The Kier molecular flexibility index (Phi) is 4.05. The number of allylic oxidation sites excluding steroid dienone is 2. The van der Waals surface area contributed by atoms with Crippen LogP contribution in [0.25, 0.3) is 0 Å². The van der Waals surface area contributed by atoms with Crippen LogP contribution in [0.5, 0.6) is 0 Å². The minimum Gasteiger partial charge on any atom is -0.399 e. The highest BCUT2D eigenvalue weighted by atomic mass is 14.6. The van der Waals surface area contributed by atoms with E-state index in [1.165, 1.54) is 5.56 Å². The zero-order valence-corrected chi connectivity index (χ0v) is 8.37. The normalized spacial score (nSPS) is 10.9. The highest BCUT2D eigenvalue weighted by Gasteiger charge is 1.98. The fourth-order valence-corrected chi connectivity index (χ4v) is 1.37. The number of nitrogens with two attached hydrogens (primary N) is 2. The third-order valence-electron chi connectivity index (χ3n) is 2.15. The average molecular weight is 189 g/mol. The molecule has 0 bridgehead atoms. The lowest BCUT2D eigenvalue weighted by Gasteiger charge is -2.05. The van der Waals surface area contributed by atoms with Crippen LogP contribution in [0.15, 0.2) is 30.4 Å². The zero-order valence-electron chi connectivity index (χ0n) is 8.37. The Bertz CT molecular complexity index is 316. The van der Waals surface area contributed by atoms with E-state index in [-0.39, 0.29) is 0 Å². The molecule has 0 spiro atoms. The molecule has 0 aliphatic carbocycles. The Morgan fingerprint density at radius 3 is 2.71 bits per heavy atom. The molecule has 0 saturated carbocycles. The van der Waals surface area contributed by atoms with Gasteiger partial charge in [-0.3, -0.25) is 0 Å². The number of anilines is 2. The Morgan fingerprint density at radius 1 is 1.29 bits per heavy atom. The van der Waals surface area contributed by atoms with Gasteiger partial charge in [0.25, 0.3) is 0 Å². The fourth-order valence-electron chi connectivity index (χ4n) is 1.37. The first-order valence-electron chi connectivity index (χ1n) is 4.82. The number of nitrogen functional groups attached to an aromatic ring is 2. The largest absolute Gasteiger partial charge is 0.399 e. The van der Waals surface area contributed by atoms with Crippen LogP contribution in [-0.2, 0) is 6.42 Å². The van der Waals surface area contributed by atoms with Crippen LogP contribution in [0.2, 0.25) is 0 Å². The second-order valence-electron chi connectivity index (χ2n) is 3.32. The molecule has 0 aromatic heterocycles. The van der Waals surface area contributed by atoms with Gasteiger partial charge >= 0.3 is 0 Å². The predicted octanol–water partition coefficient (Wildman–Crippen LogP) is 2.56. The molecule has 4 N–H and O–H groups in total. The molecule has 0 aliphatic rings. The summed E-state index contributed by atoms with van der Waals surface area (Å²) in [7, 11) is 0. The van der Waals surface area contributed by atoms with E-state index in [4.69, 9.17) is 11.5 Å². The van der Waals surface area contributed by atoms with Gasteiger partial charge in [-0.15, -0.1) is 0 Å². The van der Waals surface area contributed by atoms with Gasteiger partial charge in [0, 0.05) is 11.4 Å². The smallest absolute Gasteiger partial charge is 0.0367 e. The molecule has 0 fully saturated rings. The van der Waals surface area contributed by atoms with Gasteiger partial charge in [-0.05, 0) is 43.9 Å². The molecule has 1 aromatic carbocycles. The van der Waals surface area contributed by atoms with Gasteiger partial charge in [0.05, 0.1) is 0 Å². The first-order chi connectivity index (χ1) is 6.74.